The normalized spacial score (nSPS) is 16.5. The van der Waals surface area contributed by atoms with Gasteiger partial charge < -0.3 is 24.8 Å². The van der Waals surface area contributed by atoms with Crippen LogP contribution in [0.1, 0.15) is 31.7 Å². The van der Waals surface area contributed by atoms with Crippen LogP contribution >= 0.6 is 24.0 Å². The maximum absolute atomic E-state index is 10.3. The number of rotatable bonds is 10. The summed E-state index contributed by atoms with van der Waals surface area (Å²) in [6, 6.07) is 10.1. The summed E-state index contributed by atoms with van der Waals surface area (Å²) >= 11 is 0. The van der Waals surface area contributed by atoms with Crippen LogP contribution in [-0.4, -0.2) is 74.7 Å². The maximum Gasteiger partial charge on any atom is 0.194 e. The highest BCUT2D eigenvalue weighted by Gasteiger charge is 2.22. The van der Waals surface area contributed by atoms with Crippen molar-refractivity contribution < 1.29 is 14.6 Å². The van der Waals surface area contributed by atoms with Crippen molar-refractivity contribution in [3.8, 4) is 0 Å². The Morgan fingerprint density at radius 2 is 1.96 bits per heavy atom. The van der Waals surface area contributed by atoms with Crippen molar-refractivity contribution in [2.45, 2.75) is 44.8 Å². The number of aliphatic hydroxyl groups is 1. The number of piperidine rings is 1. The van der Waals surface area contributed by atoms with E-state index in [-0.39, 0.29) is 24.0 Å². The monoisotopic (exact) mass is 505 g/mol. The third kappa shape index (κ3) is 9.54. The molecule has 1 unspecified atom stereocenters. The molecule has 0 saturated carbocycles. The van der Waals surface area contributed by atoms with Crippen LogP contribution in [0.3, 0.4) is 0 Å². The lowest BCUT2D eigenvalue weighted by molar-refractivity contribution is 0.00986. The lowest BCUT2D eigenvalue weighted by Gasteiger charge is -2.34. The first kappa shape index (κ1) is 25.1. The van der Waals surface area contributed by atoms with Crippen LogP contribution < -0.4 is 5.32 Å². The number of likely N-dealkylation sites (tertiary alicyclic amines) is 1. The topological polar surface area (TPSA) is 66.3 Å². The Morgan fingerprint density at radius 1 is 1.25 bits per heavy atom. The predicted molar refractivity (Wildman–Crippen MR) is 125 cm³/mol. The van der Waals surface area contributed by atoms with E-state index >= 15 is 0 Å². The molecule has 1 aliphatic heterocycles. The third-order valence-electron chi connectivity index (χ3n) is 4.69. The zero-order valence-electron chi connectivity index (χ0n) is 17.2. The van der Waals surface area contributed by atoms with Crippen molar-refractivity contribution in [2.24, 2.45) is 4.99 Å². The van der Waals surface area contributed by atoms with Crippen LogP contribution in [-0.2, 0) is 15.9 Å². The highest BCUT2D eigenvalue weighted by atomic mass is 127. The molecule has 0 bridgehead atoms. The van der Waals surface area contributed by atoms with Crippen molar-refractivity contribution in [1.29, 1.82) is 0 Å². The zero-order chi connectivity index (χ0) is 19.3. The summed E-state index contributed by atoms with van der Waals surface area (Å²) in [6.45, 7) is 6.66. The van der Waals surface area contributed by atoms with E-state index in [4.69, 9.17) is 9.47 Å². The lowest BCUT2D eigenvalue weighted by Crippen LogP contribution is -2.47. The van der Waals surface area contributed by atoms with Crippen molar-refractivity contribution in [2.75, 3.05) is 46.5 Å². The summed E-state index contributed by atoms with van der Waals surface area (Å²) in [6.07, 6.45) is 3.43. The highest BCUT2D eigenvalue weighted by molar-refractivity contribution is 14.0. The minimum absolute atomic E-state index is 0. The van der Waals surface area contributed by atoms with E-state index in [0.717, 1.165) is 63.6 Å². The number of hydrogen-bond acceptors (Lipinski definition) is 4. The molecule has 0 amide bonds. The van der Waals surface area contributed by atoms with Crippen molar-refractivity contribution >= 4 is 29.9 Å². The predicted octanol–water partition coefficient (Wildman–Crippen LogP) is 2.69. The van der Waals surface area contributed by atoms with E-state index in [2.05, 4.69) is 22.1 Å². The SMILES string of the molecule is CCNC(=NCC(O)Cc1ccccc1)N1CCC(OCCCOC)CC1.I. The second kappa shape index (κ2) is 15.0. The number of aliphatic imine (C=N–C) groups is 1. The molecule has 0 spiro atoms. The Labute approximate surface area is 186 Å². The summed E-state index contributed by atoms with van der Waals surface area (Å²) < 4.78 is 11.0. The van der Waals surface area contributed by atoms with Gasteiger partial charge in [-0.25, -0.2) is 0 Å². The maximum atomic E-state index is 10.3. The smallest absolute Gasteiger partial charge is 0.194 e. The van der Waals surface area contributed by atoms with Gasteiger partial charge in [0.1, 0.15) is 0 Å². The zero-order valence-corrected chi connectivity index (χ0v) is 19.5. The van der Waals surface area contributed by atoms with Gasteiger partial charge in [-0.2, -0.15) is 0 Å². The van der Waals surface area contributed by atoms with E-state index < -0.39 is 6.10 Å². The van der Waals surface area contributed by atoms with Gasteiger partial charge in [0.15, 0.2) is 5.96 Å². The molecule has 2 rings (SSSR count). The van der Waals surface area contributed by atoms with Gasteiger partial charge in [0.25, 0.3) is 0 Å². The van der Waals surface area contributed by atoms with Gasteiger partial charge in [-0.05, 0) is 31.7 Å². The largest absolute Gasteiger partial charge is 0.391 e. The molecular weight excluding hydrogens is 469 g/mol. The lowest BCUT2D eigenvalue weighted by atomic mass is 10.1. The fraction of sp³-hybridized carbons (Fsp3) is 0.667. The Morgan fingerprint density at radius 3 is 2.61 bits per heavy atom. The average Bonchev–Trinajstić information content (AvgIpc) is 2.70. The Bertz CT molecular complexity index is 537. The van der Waals surface area contributed by atoms with Crippen LogP contribution in [0.25, 0.3) is 0 Å². The van der Waals surface area contributed by atoms with Crippen molar-refractivity contribution in [3.63, 3.8) is 0 Å². The van der Waals surface area contributed by atoms with Gasteiger partial charge in [-0.3, -0.25) is 4.99 Å². The number of ether oxygens (including phenoxy) is 2. The number of benzene rings is 1. The van der Waals surface area contributed by atoms with E-state index in [1.807, 2.05) is 30.3 Å². The van der Waals surface area contributed by atoms with Gasteiger partial charge in [-0.15, -0.1) is 24.0 Å². The van der Waals surface area contributed by atoms with Crippen LogP contribution in [0.5, 0.6) is 0 Å². The molecule has 1 atom stereocenters. The number of guanidine groups is 1. The molecule has 1 aliphatic rings. The molecule has 28 heavy (non-hydrogen) atoms. The molecule has 1 fully saturated rings. The second-order valence-corrected chi connectivity index (χ2v) is 6.94. The summed E-state index contributed by atoms with van der Waals surface area (Å²) in [4.78, 5) is 6.94. The van der Waals surface area contributed by atoms with Crippen molar-refractivity contribution in [3.05, 3.63) is 35.9 Å². The van der Waals surface area contributed by atoms with Gasteiger partial charge in [0.2, 0.25) is 0 Å². The number of halogens is 1. The Hall–Kier alpha value is -0.900. The van der Waals surface area contributed by atoms with E-state index in [1.54, 1.807) is 7.11 Å². The summed E-state index contributed by atoms with van der Waals surface area (Å²) in [5.74, 6) is 0.891. The van der Waals surface area contributed by atoms with E-state index in [1.165, 1.54) is 0 Å². The quantitative estimate of drug-likeness (QED) is 0.222. The van der Waals surface area contributed by atoms with Crippen molar-refractivity contribution in [1.82, 2.24) is 10.2 Å². The van der Waals surface area contributed by atoms with Crippen LogP contribution in [0.2, 0.25) is 0 Å². The number of aliphatic hydroxyl groups excluding tert-OH is 1. The van der Waals surface area contributed by atoms with Crippen LogP contribution in [0.4, 0.5) is 0 Å². The summed E-state index contributed by atoms with van der Waals surface area (Å²) in [5, 5.41) is 13.7. The Kier molecular flexibility index (Phi) is 13.5. The molecule has 160 valence electrons. The molecule has 0 aromatic heterocycles. The Balaban J connectivity index is 0.00000392. The van der Waals surface area contributed by atoms with Gasteiger partial charge >= 0.3 is 0 Å². The standard InChI is InChI=1S/C21H35N3O3.HI/c1-3-22-21(23-17-19(25)16-18-8-5-4-6-9-18)24-12-10-20(11-13-24)27-15-7-14-26-2;/h4-6,8-9,19-20,25H,3,7,10-17H2,1-2H3,(H,22,23);1H. The minimum Gasteiger partial charge on any atom is -0.391 e. The molecule has 1 heterocycles. The first-order chi connectivity index (χ1) is 13.2. The fourth-order valence-electron chi connectivity index (χ4n) is 3.26. The molecule has 1 saturated heterocycles. The molecule has 2 N–H and O–H groups in total. The molecule has 7 heteroatoms. The first-order valence-electron chi connectivity index (χ1n) is 10.1. The molecule has 0 radical (unpaired) electrons. The fourth-order valence-corrected chi connectivity index (χ4v) is 3.26. The third-order valence-corrected chi connectivity index (χ3v) is 4.69. The summed E-state index contributed by atoms with van der Waals surface area (Å²) in [7, 11) is 1.72. The van der Waals surface area contributed by atoms with Gasteiger partial charge in [0.05, 0.1) is 18.8 Å². The van der Waals surface area contributed by atoms with Gasteiger partial charge in [-0.1, -0.05) is 30.3 Å². The summed E-state index contributed by atoms with van der Waals surface area (Å²) in [5.41, 5.74) is 1.14. The second-order valence-electron chi connectivity index (χ2n) is 6.94. The number of methoxy groups -OCH3 is 1. The highest BCUT2D eigenvalue weighted by Crippen LogP contribution is 2.14. The molecule has 0 aliphatic carbocycles. The number of nitrogens with one attached hydrogen (secondary N) is 1. The van der Waals surface area contributed by atoms with Gasteiger partial charge in [0, 0.05) is 46.4 Å². The molecule has 6 nitrogen and oxygen atoms in total. The van der Waals surface area contributed by atoms with E-state index in [0.29, 0.717) is 19.1 Å². The molecule has 1 aromatic rings. The average molecular weight is 505 g/mol. The molecule has 1 aromatic carbocycles. The molecular formula is C21H36IN3O3. The van der Waals surface area contributed by atoms with Crippen LogP contribution in [0, 0.1) is 0 Å². The number of nitrogens with zero attached hydrogens (tertiary/aromatic N) is 2. The number of hydrogen-bond donors (Lipinski definition) is 2. The van der Waals surface area contributed by atoms with E-state index in [9.17, 15) is 5.11 Å². The first-order valence-corrected chi connectivity index (χ1v) is 10.1. The van der Waals surface area contributed by atoms with Crippen LogP contribution in [0.15, 0.2) is 35.3 Å². The minimum atomic E-state index is -0.470.